The number of aromatic nitrogens is 4. The second kappa shape index (κ2) is 10.3. The van der Waals surface area contributed by atoms with Gasteiger partial charge < -0.3 is 14.2 Å². The Balaban J connectivity index is 1.33. The summed E-state index contributed by atoms with van der Waals surface area (Å²) in [7, 11) is 0.551. The molecule has 0 bridgehead atoms. The highest BCUT2D eigenvalue weighted by atomic mass is 28.3. The molecule has 1 amide bonds. The lowest BCUT2D eigenvalue weighted by Gasteiger charge is -2.27. The fourth-order valence-electron chi connectivity index (χ4n) is 5.74. The van der Waals surface area contributed by atoms with Gasteiger partial charge in [0.25, 0.3) is 11.8 Å². The summed E-state index contributed by atoms with van der Waals surface area (Å²) >= 11 is 0. The molecule has 2 aliphatic rings. The van der Waals surface area contributed by atoms with E-state index in [0.29, 0.717) is 47.2 Å². The van der Waals surface area contributed by atoms with Gasteiger partial charge in [0.1, 0.15) is 24.3 Å². The highest BCUT2D eigenvalue weighted by Gasteiger charge is 2.45. The first-order chi connectivity index (χ1) is 19.8. The Hall–Kier alpha value is -3.64. The van der Waals surface area contributed by atoms with E-state index in [1.165, 1.54) is 11.0 Å². The largest absolute Gasteiger partial charge is 0.365 e. The van der Waals surface area contributed by atoms with Crippen LogP contribution in [0.15, 0.2) is 42.7 Å². The molecule has 0 N–H and O–H groups in total. The number of carbonyl (C=O) groups excluding carboxylic acids is 1. The second-order valence-electron chi connectivity index (χ2n) is 12.5. The number of amides is 1. The van der Waals surface area contributed by atoms with Crippen LogP contribution in [0.1, 0.15) is 39.8 Å². The molecule has 42 heavy (non-hydrogen) atoms. The molecule has 2 aromatic heterocycles. The van der Waals surface area contributed by atoms with Gasteiger partial charge in [-0.25, -0.2) is 18.2 Å². The second-order valence-corrected chi connectivity index (χ2v) is 18.1. The molecular weight excluding hydrogens is 561 g/mol. The van der Waals surface area contributed by atoms with Crippen molar-refractivity contribution in [3.05, 3.63) is 71.1 Å². The molecule has 4 heterocycles. The third-order valence-corrected chi connectivity index (χ3v) is 9.94. The van der Waals surface area contributed by atoms with Crippen molar-refractivity contribution < 1.29 is 22.7 Å². The Morgan fingerprint density at radius 3 is 2.57 bits per heavy atom. The monoisotopic (exact) mass is 596 g/mol. The van der Waals surface area contributed by atoms with Gasteiger partial charge in [0.05, 0.1) is 29.5 Å². The van der Waals surface area contributed by atoms with Gasteiger partial charge in [-0.3, -0.25) is 14.4 Å². The van der Waals surface area contributed by atoms with Crippen molar-refractivity contribution in [2.24, 2.45) is 7.05 Å². The van der Waals surface area contributed by atoms with Gasteiger partial charge in [0, 0.05) is 57.3 Å². The highest BCUT2D eigenvalue weighted by molar-refractivity contribution is 6.76. The minimum Gasteiger partial charge on any atom is -0.365 e. The summed E-state index contributed by atoms with van der Waals surface area (Å²) in [6.07, 6.45) is 1.45. The number of alkyl halides is 2. The first kappa shape index (κ1) is 28.5. The van der Waals surface area contributed by atoms with Crippen LogP contribution < -0.4 is 9.80 Å². The maximum atomic E-state index is 15.8. The van der Waals surface area contributed by atoms with E-state index in [0.717, 1.165) is 11.6 Å². The molecule has 1 saturated heterocycles. The molecule has 0 aliphatic carbocycles. The number of ether oxygens (including phenoxy) is 1. The number of nitrogens with zero attached hydrogens (tertiary/aromatic N) is 6. The summed E-state index contributed by atoms with van der Waals surface area (Å²) in [5, 5.41) is 4.60. The smallest absolute Gasteiger partial charge is 0.266 e. The molecule has 1 unspecified atom stereocenters. The summed E-state index contributed by atoms with van der Waals surface area (Å²) in [4.78, 5) is 21.5. The Morgan fingerprint density at radius 2 is 1.88 bits per heavy atom. The Bertz CT molecular complexity index is 1680. The van der Waals surface area contributed by atoms with E-state index >= 15 is 4.39 Å². The number of fused-ring (bicyclic) bond motifs is 2. The van der Waals surface area contributed by atoms with Crippen LogP contribution >= 0.6 is 0 Å². The number of imidazole rings is 1. The number of halogens is 3. The zero-order valence-electron chi connectivity index (χ0n) is 24.5. The number of hydrogen-bond donors (Lipinski definition) is 0. The molecule has 1 fully saturated rings. The molecular formula is C30H35F3N6O2Si. The van der Waals surface area contributed by atoms with Gasteiger partial charge in [-0.2, -0.15) is 5.10 Å². The van der Waals surface area contributed by atoms with Crippen LogP contribution in [0.2, 0.25) is 25.7 Å². The molecule has 6 rings (SSSR count). The quantitative estimate of drug-likeness (QED) is 0.181. The predicted octanol–water partition coefficient (Wildman–Crippen LogP) is 6.12. The molecule has 0 radical (unpaired) electrons. The van der Waals surface area contributed by atoms with E-state index in [4.69, 9.17) is 4.74 Å². The summed E-state index contributed by atoms with van der Waals surface area (Å²) in [5.74, 6) is -3.66. The van der Waals surface area contributed by atoms with Crippen molar-refractivity contribution in [2.75, 3.05) is 29.5 Å². The van der Waals surface area contributed by atoms with E-state index in [1.54, 1.807) is 35.1 Å². The highest BCUT2D eigenvalue weighted by Crippen LogP contribution is 2.44. The fourth-order valence-corrected chi connectivity index (χ4v) is 6.50. The maximum absolute atomic E-state index is 15.8. The Morgan fingerprint density at radius 1 is 1.12 bits per heavy atom. The van der Waals surface area contributed by atoms with Crippen LogP contribution in [-0.2, 0) is 18.5 Å². The third-order valence-electron chi connectivity index (χ3n) is 8.23. The lowest BCUT2D eigenvalue weighted by atomic mass is 10.0. The van der Waals surface area contributed by atoms with Gasteiger partial charge in [0.2, 0.25) is 0 Å². The molecule has 222 valence electrons. The number of carbonyl (C=O) groups is 1. The van der Waals surface area contributed by atoms with Gasteiger partial charge >= 0.3 is 0 Å². The van der Waals surface area contributed by atoms with Gasteiger partial charge in [-0.15, -0.1) is 0 Å². The van der Waals surface area contributed by atoms with Crippen molar-refractivity contribution in [1.82, 2.24) is 19.3 Å². The van der Waals surface area contributed by atoms with Crippen LogP contribution in [-0.4, -0.2) is 58.9 Å². The van der Waals surface area contributed by atoms with Crippen molar-refractivity contribution in [2.45, 2.75) is 57.7 Å². The van der Waals surface area contributed by atoms with E-state index < -0.39 is 32.4 Å². The minimum atomic E-state index is -2.80. The van der Waals surface area contributed by atoms with E-state index in [2.05, 4.69) is 29.7 Å². The summed E-state index contributed by atoms with van der Waals surface area (Å²) in [6.45, 7) is 9.50. The molecule has 8 nitrogen and oxygen atoms in total. The van der Waals surface area contributed by atoms with Crippen LogP contribution in [0, 0.1) is 12.7 Å². The molecule has 4 aromatic rings. The van der Waals surface area contributed by atoms with Gasteiger partial charge in [-0.05, 0) is 43.3 Å². The van der Waals surface area contributed by atoms with Crippen LogP contribution in [0.3, 0.4) is 0 Å². The van der Waals surface area contributed by atoms with Gasteiger partial charge in [0.15, 0.2) is 0 Å². The fraction of sp³-hybridized carbons (Fsp3) is 0.433. The van der Waals surface area contributed by atoms with E-state index in [-0.39, 0.29) is 24.4 Å². The van der Waals surface area contributed by atoms with Crippen molar-refractivity contribution >= 4 is 36.4 Å². The zero-order valence-corrected chi connectivity index (χ0v) is 25.5. The average molecular weight is 597 g/mol. The van der Waals surface area contributed by atoms with Gasteiger partial charge in [-0.1, -0.05) is 25.7 Å². The zero-order chi connectivity index (χ0) is 30.0. The summed E-state index contributed by atoms with van der Waals surface area (Å²) in [5.41, 5.74) is 4.32. The van der Waals surface area contributed by atoms with Crippen LogP contribution in [0.4, 0.5) is 24.5 Å². The van der Waals surface area contributed by atoms with E-state index in [9.17, 15) is 13.6 Å². The number of benzene rings is 2. The number of hydrogen-bond acceptors (Lipinski definition) is 5. The number of rotatable bonds is 8. The van der Waals surface area contributed by atoms with Crippen LogP contribution in [0.25, 0.3) is 11.0 Å². The molecule has 2 aromatic carbocycles. The minimum absolute atomic E-state index is 0.152. The normalized spacial score (nSPS) is 18.5. The molecule has 1 atom stereocenters. The van der Waals surface area contributed by atoms with Crippen molar-refractivity contribution in [1.29, 1.82) is 0 Å². The number of aryl methyl sites for hydroxylation is 1. The summed E-state index contributed by atoms with van der Waals surface area (Å²) in [6, 6.07) is 10.3. The lowest BCUT2D eigenvalue weighted by Crippen LogP contribution is -2.30. The van der Waals surface area contributed by atoms with Crippen molar-refractivity contribution in [3.8, 4) is 0 Å². The molecule has 12 heteroatoms. The van der Waals surface area contributed by atoms with Crippen LogP contribution in [0.5, 0.6) is 0 Å². The molecule has 0 spiro atoms. The molecule has 2 aliphatic heterocycles. The Labute approximate surface area is 243 Å². The number of anilines is 2. The molecule has 0 saturated carbocycles. The Kier molecular flexibility index (Phi) is 6.96. The lowest BCUT2D eigenvalue weighted by molar-refractivity contribution is 0.0257. The maximum Gasteiger partial charge on any atom is 0.266 e. The SMILES string of the molecule is Cc1c2c(nn1C)C(c1ccc(N3CCC(F)(F)C3)cc1F)N(c1ccc3c(c1)ncn3COCC[Si](C)(C)C)C2=O. The first-order valence-electron chi connectivity index (χ1n) is 14.1. The third kappa shape index (κ3) is 5.10. The average Bonchev–Trinajstić information content (AvgIpc) is 3.64. The van der Waals surface area contributed by atoms with E-state index in [1.807, 2.05) is 29.7 Å². The predicted molar refractivity (Wildman–Crippen MR) is 159 cm³/mol. The van der Waals surface area contributed by atoms with Crippen molar-refractivity contribution in [3.63, 3.8) is 0 Å². The summed E-state index contributed by atoms with van der Waals surface area (Å²) < 4.78 is 52.9. The topological polar surface area (TPSA) is 68.4 Å². The standard InChI is InChI=1S/C30H35F3N6O2Si/c1-19-26-27(35-36(19)2)28(22-8-6-20(14-23(22)31)37-11-10-30(32,33)16-37)39(29(26)40)21-7-9-25-24(15-21)34-17-38(25)18-41-12-13-42(3,4)5/h6-9,14-15,17,28H,10-13,16,18H2,1-5H3. The first-order valence-corrected chi connectivity index (χ1v) is 17.9.